The van der Waals surface area contributed by atoms with Crippen LogP contribution in [0.15, 0.2) is 0 Å². The van der Waals surface area contributed by atoms with E-state index in [4.69, 9.17) is 14.2 Å². The van der Waals surface area contributed by atoms with Crippen LogP contribution in [0.4, 0.5) is 0 Å². The zero-order valence-electron chi connectivity index (χ0n) is 25.0. The van der Waals surface area contributed by atoms with E-state index in [-0.39, 0.29) is 69.8 Å². The number of fused-ring (bicyclic) bond motifs is 4. The number of ether oxygens (including phenoxy) is 3. The van der Waals surface area contributed by atoms with Gasteiger partial charge in [0, 0.05) is 18.8 Å². The molecular formula is C32H50O7. The average Bonchev–Trinajstić information content (AvgIpc) is 3.35. The Bertz CT molecular complexity index is 1090. The van der Waals surface area contributed by atoms with E-state index < -0.39 is 17.5 Å². The summed E-state index contributed by atoms with van der Waals surface area (Å²) in [7, 11) is 0. The fourth-order valence-electron chi connectivity index (χ4n) is 12.9. The van der Waals surface area contributed by atoms with Gasteiger partial charge in [0.25, 0.3) is 0 Å². The van der Waals surface area contributed by atoms with Gasteiger partial charge in [0.2, 0.25) is 0 Å². The number of carbonyl (C=O) groups excluding carboxylic acids is 1. The molecule has 0 aromatic heterocycles. The second-order valence-electron chi connectivity index (χ2n) is 16.5. The molecular weight excluding hydrogens is 496 g/mol. The number of rotatable bonds is 1. The van der Waals surface area contributed by atoms with Crippen molar-refractivity contribution in [1.29, 1.82) is 0 Å². The molecule has 0 amide bonds. The molecule has 7 aliphatic rings. The van der Waals surface area contributed by atoms with E-state index in [0.29, 0.717) is 18.3 Å². The summed E-state index contributed by atoms with van der Waals surface area (Å²) in [6.07, 6.45) is 5.92. The standard InChI is InChI=1S/C32H50O7/c1-17-12-32(25(35)28(6,36)16-37-32)39-19-13-27(5)21-9-8-20-26(3,4)22(34)10-11-30(20)15-31(21,30)14-23(38-18(2)33)29(27,7)24(17)19/h17,19-25,34-36H,8-16H2,1-7H3/t17-,19?,20+,21+,22+,23-,24+,25-,27+,28+,29-,30-,31+,32+/m1/s1. The first-order chi connectivity index (χ1) is 18.0. The van der Waals surface area contributed by atoms with E-state index in [1.54, 1.807) is 13.8 Å². The minimum absolute atomic E-state index is 0.0557. The molecule has 14 atom stereocenters. The van der Waals surface area contributed by atoms with Gasteiger partial charge in [-0.2, -0.15) is 0 Å². The van der Waals surface area contributed by atoms with E-state index in [1.165, 1.54) is 6.42 Å². The van der Waals surface area contributed by atoms with E-state index in [0.717, 1.165) is 38.5 Å². The van der Waals surface area contributed by atoms with Gasteiger partial charge in [-0.05, 0) is 97.2 Å². The summed E-state index contributed by atoms with van der Waals surface area (Å²) in [6.45, 7) is 14.8. The molecule has 3 N–H and O–H groups in total. The van der Waals surface area contributed by atoms with E-state index >= 15 is 0 Å². The van der Waals surface area contributed by atoms with Crippen LogP contribution in [0.2, 0.25) is 0 Å². The number of aliphatic hydroxyl groups excluding tert-OH is 2. The van der Waals surface area contributed by atoms with Crippen molar-refractivity contribution in [1.82, 2.24) is 0 Å². The predicted molar refractivity (Wildman–Crippen MR) is 143 cm³/mol. The zero-order valence-corrected chi connectivity index (χ0v) is 25.0. The molecule has 0 bridgehead atoms. The van der Waals surface area contributed by atoms with Gasteiger partial charge >= 0.3 is 5.97 Å². The molecule has 7 fully saturated rings. The van der Waals surface area contributed by atoms with Gasteiger partial charge in [-0.25, -0.2) is 0 Å². The molecule has 5 saturated carbocycles. The van der Waals surface area contributed by atoms with Crippen LogP contribution in [-0.2, 0) is 19.0 Å². The van der Waals surface area contributed by atoms with Crippen molar-refractivity contribution in [3.63, 3.8) is 0 Å². The molecule has 0 aromatic rings. The number of carbonyl (C=O) groups is 1. The predicted octanol–water partition coefficient (Wildman–Crippen LogP) is 4.20. The van der Waals surface area contributed by atoms with Crippen molar-refractivity contribution in [2.24, 2.45) is 50.7 Å². The van der Waals surface area contributed by atoms with Gasteiger partial charge in [0.15, 0.2) is 5.79 Å². The molecule has 2 aliphatic heterocycles. The van der Waals surface area contributed by atoms with E-state index in [2.05, 4.69) is 34.6 Å². The highest BCUT2D eigenvalue weighted by Gasteiger charge is 2.85. The summed E-state index contributed by atoms with van der Waals surface area (Å²) in [6, 6.07) is 0. The van der Waals surface area contributed by atoms with Crippen LogP contribution in [0.3, 0.4) is 0 Å². The third-order valence-electron chi connectivity index (χ3n) is 14.6. The van der Waals surface area contributed by atoms with Crippen molar-refractivity contribution >= 4 is 5.97 Å². The van der Waals surface area contributed by atoms with Gasteiger partial charge in [-0.3, -0.25) is 4.79 Å². The molecule has 0 radical (unpaired) electrons. The molecule has 1 unspecified atom stereocenters. The highest BCUT2D eigenvalue weighted by Crippen LogP contribution is 2.89. The monoisotopic (exact) mass is 546 g/mol. The Labute approximate surface area is 233 Å². The first-order valence-electron chi connectivity index (χ1n) is 15.6. The number of esters is 1. The summed E-state index contributed by atoms with van der Waals surface area (Å²) in [4.78, 5) is 12.6. The summed E-state index contributed by atoms with van der Waals surface area (Å²) in [5.74, 6) is -0.0928. The number of hydrogen-bond donors (Lipinski definition) is 3. The molecule has 5 aliphatic carbocycles. The van der Waals surface area contributed by atoms with Crippen LogP contribution in [0.25, 0.3) is 0 Å². The average molecular weight is 547 g/mol. The Morgan fingerprint density at radius 3 is 2.28 bits per heavy atom. The molecule has 39 heavy (non-hydrogen) atoms. The Hall–Kier alpha value is -0.730. The first kappa shape index (κ1) is 27.1. The lowest BCUT2D eigenvalue weighted by Crippen LogP contribution is -2.64. The maximum Gasteiger partial charge on any atom is 0.302 e. The lowest BCUT2D eigenvalue weighted by atomic mass is 9.41. The van der Waals surface area contributed by atoms with Gasteiger partial charge in [-0.1, -0.05) is 34.6 Å². The van der Waals surface area contributed by atoms with Crippen LogP contribution in [0, 0.1) is 50.7 Å². The van der Waals surface area contributed by atoms with Gasteiger partial charge < -0.3 is 29.5 Å². The van der Waals surface area contributed by atoms with E-state index in [1.807, 2.05) is 0 Å². The van der Waals surface area contributed by atoms with Crippen molar-refractivity contribution < 1.29 is 34.3 Å². The first-order valence-corrected chi connectivity index (χ1v) is 15.6. The molecule has 7 heteroatoms. The third kappa shape index (κ3) is 2.95. The quantitative estimate of drug-likeness (QED) is 0.423. The summed E-state index contributed by atoms with van der Waals surface area (Å²) >= 11 is 0. The fourth-order valence-corrected chi connectivity index (χ4v) is 12.9. The minimum Gasteiger partial charge on any atom is -0.462 e. The normalized spacial score (nSPS) is 62.4. The fraction of sp³-hybridized carbons (Fsp3) is 0.969. The topological polar surface area (TPSA) is 105 Å². The highest BCUT2D eigenvalue weighted by molar-refractivity contribution is 5.66. The van der Waals surface area contributed by atoms with Crippen molar-refractivity contribution in [3.8, 4) is 0 Å². The van der Waals surface area contributed by atoms with Crippen LogP contribution in [-0.4, -0.2) is 63.7 Å². The summed E-state index contributed by atoms with van der Waals surface area (Å²) in [5, 5.41) is 33.0. The Morgan fingerprint density at radius 1 is 0.949 bits per heavy atom. The van der Waals surface area contributed by atoms with Crippen LogP contribution < -0.4 is 0 Å². The second-order valence-corrected chi connectivity index (χ2v) is 16.5. The molecule has 3 spiro atoms. The van der Waals surface area contributed by atoms with Crippen LogP contribution >= 0.6 is 0 Å². The number of hydrogen-bond acceptors (Lipinski definition) is 7. The second kappa shape index (κ2) is 7.61. The van der Waals surface area contributed by atoms with E-state index in [9.17, 15) is 20.1 Å². The van der Waals surface area contributed by atoms with Gasteiger partial charge in [0.05, 0.1) is 18.8 Å². The third-order valence-corrected chi connectivity index (χ3v) is 14.6. The van der Waals surface area contributed by atoms with Crippen LogP contribution in [0.1, 0.15) is 99.8 Å². The van der Waals surface area contributed by atoms with Crippen molar-refractivity contribution in [3.05, 3.63) is 0 Å². The summed E-state index contributed by atoms with van der Waals surface area (Å²) in [5.41, 5.74) is -1.48. The lowest BCUT2D eigenvalue weighted by Gasteiger charge is -2.65. The lowest BCUT2D eigenvalue weighted by molar-refractivity contribution is -0.315. The largest absolute Gasteiger partial charge is 0.462 e. The summed E-state index contributed by atoms with van der Waals surface area (Å²) < 4.78 is 19.3. The Balaban J connectivity index is 1.31. The molecule has 0 aromatic carbocycles. The smallest absolute Gasteiger partial charge is 0.302 e. The highest BCUT2D eigenvalue weighted by atomic mass is 16.7. The maximum absolute atomic E-state index is 12.6. The maximum atomic E-state index is 12.6. The Morgan fingerprint density at radius 2 is 1.64 bits per heavy atom. The number of aliphatic hydroxyl groups is 3. The molecule has 7 rings (SSSR count). The molecule has 7 nitrogen and oxygen atoms in total. The molecule has 2 saturated heterocycles. The van der Waals surface area contributed by atoms with Gasteiger partial charge in [-0.15, -0.1) is 0 Å². The molecule has 2 heterocycles. The SMILES string of the molecule is CC(=O)O[C@@H]1C[C@@]23C[C@@]24CC[C@H](O)C(C)(C)[C@@H]4CC[C@H]3[C@]2(C)CC3O[C@]4(C[C@@H](C)[C@@H]3[C@@]12C)OC[C@](C)(O)[C@H]4O. The minimum atomic E-state index is -1.34. The molecule has 220 valence electrons. The van der Waals surface area contributed by atoms with Gasteiger partial charge in [0.1, 0.15) is 17.8 Å². The zero-order chi connectivity index (χ0) is 28.2. The van der Waals surface area contributed by atoms with Crippen molar-refractivity contribution in [2.45, 2.75) is 136 Å². The Kier molecular flexibility index (Phi) is 5.29. The van der Waals surface area contributed by atoms with Crippen LogP contribution in [0.5, 0.6) is 0 Å². The van der Waals surface area contributed by atoms with Crippen molar-refractivity contribution in [2.75, 3.05) is 6.61 Å².